The van der Waals surface area contributed by atoms with Crippen molar-refractivity contribution in [1.29, 1.82) is 0 Å². The van der Waals surface area contributed by atoms with Crippen LogP contribution in [0.4, 0.5) is 0 Å². The number of rotatable bonds is 7. The summed E-state index contributed by atoms with van der Waals surface area (Å²) in [4.78, 5) is 0.317. The van der Waals surface area contributed by atoms with Gasteiger partial charge in [0.05, 0.1) is 17.0 Å². The zero-order valence-electron chi connectivity index (χ0n) is 16.9. The maximum Gasteiger partial charge on any atom is 0.242 e. The first kappa shape index (κ1) is 20.1. The van der Waals surface area contributed by atoms with Gasteiger partial charge < -0.3 is 14.2 Å². The average molecular weight is 438 g/mol. The van der Waals surface area contributed by atoms with Crippen LogP contribution >= 0.6 is 0 Å². The van der Waals surface area contributed by atoms with E-state index in [9.17, 15) is 8.42 Å². The van der Waals surface area contributed by atoms with Crippen molar-refractivity contribution in [3.8, 4) is 11.5 Å². The van der Waals surface area contributed by atoms with E-state index >= 15 is 0 Å². The number of fused-ring (bicyclic) bond motifs is 2. The van der Waals surface area contributed by atoms with E-state index in [1.54, 1.807) is 12.1 Å². The highest BCUT2D eigenvalue weighted by Crippen LogP contribution is 2.46. The van der Waals surface area contributed by atoms with E-state index in [0.29, 0.717) is 42.4 Å². The second-order valence-corrected chi connectivity index (χ2v) is 9.37. The van der Waals surface area contributed by atoms with E-state index in [-0.39, 0.29) is 6.79 Å². The molecule has 0 saturated carbocycles. The van der Waals surface area contributed by atoms with Crippen LogP contribution in [-0.2, 0) is 26.9 Å². The molecule has 0 fully saturated rings. The molecule has 7 heteroatoms. The van der Waals surface area contributed by atoms with Gasteiger partial charge >= 0.3 is 0 Å². The Morgan fingerprint density at radius 2 is 1.71 bits per heavy atom. The van der Waals surface area contributed by atoms with Gasteiger partial charge in [-0.15, -0.1) is 0 Å². The van der Waals surface area contributed by atoms with E-state index < -0.39 is 15.6 Å². The Morgan fingerprint density at radius 1 is 0.935 bits per heavy atom. The minimum absolute atomic E-state index is 0.168. The van der Waals surface area contributed by atoms with Gasteiger partial charge in [-0.3, -0.25) is 0 Å². The first-order valence-electron chi connectivity index (χ1n) is 10.2. The normalized spacial score (nSPS) is 20.5. The number of benzene rings is 3. The lowest BCUT2D eigenvalue weighted by Gasteiger charge is -2.30. The molecule has 0 amide bonds. The molecular weight excluding hydrogens is 414 g/mol. The molecule has 0 spiro atoms. The van der Waals surface area contributed by atoms with Gasteiger partial charge in [0, 0.05) is 6.61 Å². The minimum Gasteiger partial charge on any atom is -0.454 e. The largest absolute Gasteiger partial charge is 0.454 e. The van der Waals surface area contributed by atoms with Crippen LogP contribution in [0.3, 0.4) is 0 Å². The van der Waals surface area contributed by atoms with Gasteiger partial charge in [0.1, 0.15) is 0 Å². The van der Waals surface area contributed by atoms with Crippen molar-refractivity contribution in [3.05, 3.63) is 89.5 Å². The topological polar surface area (TPSA) is 73.9 Å². The molecule has 2 aliphatic heterocycles. The van der Waals surface area contributed by atoms with Gasteiger partial charge in [0.25, 0.3) is 0 Å². The van der Waals surface area contributed by atoms with Crippen LogP contribution in [-0.4, -0.2) is 21.8 Å². The van der Waals surface area contributed by atoms with Crippen molar-refractivity contribution in [3.63, 3.8) is 0 Å². The van der Waals surface area contributed by atoms with Crippen LogP contribution in [0.15, 0.2) is 77.7 Å². The summed E-state index contributed by atoms with van der Waals surface area (Å²) in [6, 6.07) is 22.7. The SMILES string of the molecule is O=S1(=O)N[C@](CCCOCc2ccccc2)(c2ccc3c(c2)OCO3)c2ccccc21. The maximum atomic E-state index is 13.0. The van der Waals surface area contributed by atoms with Gasteiger partial charge in [-0.25, -0.2) is 8.42 Å². The number of sulfonamides is 1. The molecule has 3 aromatic rings. The Kier molecular flexibility index (Phi) is 5.17. The summed E-state index contributed by atoms with van der Waals surface area (Å²) in [5.74, 6) is 1.29. The number of hydrogen-bond acceptors (Lipinski definition) is 5. The lowest BCUT2D eigenvalue weighted by molar-refractivity contribution is 0.113. The summed E-state index contributed by atoms with van der Waals surface area (Å²) in [5, 5.41) is 0. The van der Waals surface area contributed by atoms with Crippen molar-refractivity contribution in [2.24, 2.45) is 0 Å². The molecule has 0 aliphatic carbocycles. The molecule has 160 valence electrons. The van der Waals surface area contributed by atoms with Crippen LogP contribution in [0, 0.1) is 0 Å². The number of ether oxygens (including phenoxy) is 3. The molecule has 31 heavy (non-hydrogen) atoms. The highest BCUT2D eigenvalue weighted by Gasteiger charge is 2.47. The summed E-state index contributed by atoms with van der Waals surface area (Å²) in [5.41, 5.74) is 1.80. The molecule has 6 nitrogen and oxygen atoms in total. The van der Waals surface area contributed by atoms with Crippen molar-refractivity contribution in [1.82, 2.24) is 4.72 Å². The summed E-state index contributed by atoms with van der Waals surface area (Å²) < 4.78 is 45.7. The zero-order valence-corrected chi connectivity index (χ0v) is 17.7. The summed E-state index contributed by atoms with van der Waals surface area (Å²) >= 11 is 0. The first-order valence-corrected chi connectivity index (χ1v) is 11.7. The van der Waals surface area contributed by atoms with Gasteiger partial charge in [-0.05, 0) is 47.7 Å². The van der Waals surface area contributed by atoms with Crippen LogP contribution in [0.25, 0.3) is 0 Å². The lowest BCUT2D eigenvalue weighted by atomic mass is 9.80. The Morgan fingerprint density at radius 3 is 2.58 bits per heavy atom. The third-order valence-electron chi connectivity index (χ3n) is 5.76. The molecule has 0 radical (unpaired) electrons. The molecule has 5 rings (SSSR count). The van der Waals surface area contributed by atoms with Crippen LogP contribution in [0.2, 0.25) is 0 Å². The monoisotopic (exact) mass is 437 g/mol. The zero-order chi connectivity index (χ0) is 21.3. The quantitative estimate of drug-likeness (QED) is 0.567. The first-order chi connectivity index (χ1) is 15.1. The number of hydrogen-bond donors (Lipinski definition) is 1. The Labute approximate surface area is 181 Å². The molecule has 0 unspecified atom stereocenters. The molecule has 2 heterocycles. The van der Waals surface area contributed by atoms with Gasteiger partial charge in [-0.1, -0.05) is 54.6 Å². The van der Waals surface area contributed by atoms with Crippen molar-refractivity contribution >= 4 is 10.0 Å². The summed E-state index contributed by atoms with van der Waals surface area (Å²) in [6.07, 6.45) is 1.23. The fourth-order valence-electron chi connectivity index (χ4n) is 4.30. The molecule has 0 saturated heterocycles. The van der Waals surface area contributed by atoms with Crippen molar-refractivity contribution < 1.29 is 22.6 Å². The predicted molar refractivity (Wildman–Crippen MR) is 115 cm³/mol. The average Bonchev–Trinajstić information content (AvgIpc) is 3.35. The molecule has 2 aliphatic rings. The number of nitrogens with one attached hydrogen (secondary N) is 1. The lowest BCUT2D eigenvalue weighted by Crippen LogP contribution is -2.40. The van der Waals surface area contributed by atoms with Crippen molar-refractivity contribution in [2.75, 3.05) is 13.4 Å². The van der Waals surface area contributed by atoms with E-state index in [0.717, 1.165) is 16.7 Å². The van der Waals surface area contributed by atoms with E-state index in [1.165, 1.54) is 0 Å². The van der Waals surface area contributed by atoms with Crippen LogP contribution < -0.4 is 14.2 Å². The Bertz CT molecular complexity index is 1200. The fourth-order valence-corrected chi connectivity index (χ4v) is 5.99. The third-order valence-corrected chi connectivity index (χ3v) is 7.31. The van der Waals surface area contributed by atoms with E-state index in [1.807, 2.05) is 60.7 Å². The molecule has 0 bridgehead atoms. The minimum atomic E-state index is -3.62. The van der Waals surface area contributed by atoms with Gasteiger partial charge in [0.15, 0.2) is 11.5 Å². The third kappa shape index (κ3) is 3.69. The second kappa shape index (κ2) is 8.00. The fraction of sp³-hybridized carbons (Fsp3) is 0.250. The molecular formula is C24H23NO5S. The van der Waals surface area contributed by atoms with Gasteiger partial charge in [-0.2, -0.15) is 4.72 Å². The predicted octanol–water partition coefficient (Wildman–Crippen LogP) is 3.95. The standard InChI is InChI=1S/C24H23NO5S/c26-31(27)23-10-5-4-9-20(23)24(25-31,19-11-12-21-22(15-19)30-17-29-21)13-6-14-28-16-18-7-2-1-3-8-18/h1-5,7-12,15,25H,6,13-14,16-17H2/t24-/m1/s1. The van der Waals surface area contributed by atoms with Crippen LogP contribution in [0.5, 0.6) is 11.5 Å². The Balaban J connectivity index is 1.42. The van der Waals surface area contributed by atoms with Gasteiger partial charge in [0.2, 0.25) is 16.8 Å². The van der Waals surface area contributed by atoms with E-state index in [4.69, 9.17) is 14.2 Å². The maximum absolute atomic E-state index is 13.0. The highest BCUT2D eigenvalue weighted by molar-refractivity contribution is 7.89. The molecule has 0 aromatic heterocycles. The smallest absolute Gasteiger partial charge is 0.242 e. The Hall–Kier alpha value is -2.87. The molecule has 1 N–H and O–H groups in total. The van der Waals surface area contributed by atoms with E-state index in [2.05, 4.69) is 4.72 Å². The summed E-state index contributed by atoms with van der Waals surface area (Å²) in [7, 11) is -3.62. The molecule has 1 atom stereocenters. The van der Waals surface area contributed by atoms with Crippen LogP contribution in [0.1, 0.15) is 29.5 Å². The molecule has 3 aromatic carbocycles. The highest BCUT2D eigenvalue weighted by atomic mass is 32.2. The second-order valence-electron chi connectivity index (χ2n) is 7.72. The summed E-state index contributed by atoms with van der Waals surface area (Å²) in [6.45, 7) is 1.21. The van der Waals surface area contributed by atoms with Crippen molar-refractivity contribution in [2.45, 2.75) is 29.9 Å².